The van der Waals surface area contributed by atoms with Gasteiger partial charge in [0.15, 0.2) is 6.10 Å². The maximum absolute atomic E-state index is 12.8. The molecule has 0 aliphatic heterocycles. The Balaban J connectivity index is 4.52. The van der Waals surface area contributed by atoms with E-state index in [0.29, 0.717) is 19.3 Å². The molecule has 0 radical (unpaired) electrons. The minimum Gasteiger partial charge on any atom is -0.462 e. The van der Waals surface area contributed by atoms with Crippen molar-refractivity contribution in [3.05, 3.63) is 109 Å². The molecule has 0 heterocycles. The number of hydrogen-bond donors (Lipinski definition) is 0. The standard InChI is InChI=1S/C57H92O6/c1-4-7-10-13-16-19-22-24-26-28-30-31-33-35-38-41-44-47-50-56(59)62-53-54(52-61-55(58)49-46-43-40-37-21-18-15-12-9-6-3)63-57(60)51-48-45-42-39-36-34-32-29-27-25-23-20-17-14-11-8-5-2/h8,11,15,17-18,20,22,24-28,30-32,34,39,42,54H,4-7,9-10,12-14,16,19,21,23,29,33,35-38,40-41,43-53H2,1-3H3/b11-8-,18-15-,20-17-,24-22-,27-25-,28-26-,31-30-,34-32-,42-39-. The van der Waals surface area contributed by atoms with Gasteiger partial charge in [-0.1, -0.05) is 201 Å². The SMILES string of the molecule is CC/C=C\C/C=C\C/C=C\C/C=C\C/C=C\CCCC(=O)OC(COC(=O)CCCCCC/C=C\CCCC)COC(=O)CCCCCCC\C=C/C=C\C=C/CCCCCCC. The lowest BCUT2D eigenvalue weighted by Crippen LogP contribution is -2.30. The van der Waals surface area contributed by atoms with Crippen LogP contribution in [0.25, 0.3) is 0 Å². The summed E-state index contributed by atoms with van der Waals surface area (Å²) in [7, 11) is 0. The van der Waals surface area contributed by atoms with Crippen LogP contribution in [-0.4, -0.2) is 37.2 Å². The van der Waals surface area contributed by atoms with Gasteiger partial charge < -0.3 is 14.2 Å². The molecule has 1 atom stereocenters. The molecule has 0 bridgehead atoms. The molecular formula is C57H92O6. The minimum absolute atomic E-state index is 0.116. The molecule has 356 valence electrons. The van der Waals surface area contributed by atoms with Gasteiger partial charge in [0.25, 0.3) is 0 Å². The predicted molar refractivity (Wildman–Crippen MR) is 270 cm³/mol. The van der Waals surface area contributed by atoms with E-state index in [1.54, 1.807) is 0 Å². The van der Waals surface area contributed by atoms with E-state index in [4.69, 9.17) is 14.2 Å². The van der Waals surface area contributed by atoms with Crippen LogP contribution < -0.4 is 0 Å². The molecule has 0 rings (SSSR count). The monoisotopic (exact) mass is 873 g/mol. The third kappa shape index (κ3) is 49.0. The predicted octanol–water partition coefficient (Wildman–Crippen LogP) is 16.8. The fourth-order valence-corrected chi connectivity index (χ4v) is 6.46. The lowest BCUT2D eigenvalue weighted by Gasteiger charge is -2.18. The van der Waals surface area contributed by atoms with Crippen molar-refractivity contribution < 1.29 is 28.6 Å². The van der Waals surface area contributed by atoms with Gasteiger partial charge in [-0.25, -0.2) is 0 Å². The van der Waals surface area contributed by atoms with Crippen LogP contribution in [0.1, 0.15) is 213 Å². The van der Waals surface area contributed by atoms with E-state index in [9.17, 15) is 14.4 Å². The fraction of sp³-hybridized carbons (Fsp3) is 0.632. The van der Waals surface area contributed by atoms with Gasteiger partial charge in [-0.3, -0.25) is 14.4 Å². The van der Waals surface area contributed by atoms with E-state index in [1.165, 1.54) is 44.9 Å². The first-order valence-electron chi connectivity index (χ1n) is 25.4. The molecule has 0 aliphatic carbocycles. The highest BCUT2D eigenvalue weighted by atomic mass is 16.6. The van der Waals surface area contributed by atoms with Crippen molar-refractivity contribution in [2.24, 2.45) is 0 Å². The summed E-state index contributed by atoms with van der Waals surface area (Å²) in [5.74, 6) is -1.02. The van der Waals surface area contributed by atoms with E-state index in [0.717, 1.165) is 122 Å². The van der Waals surface area contributed by atoms with Crippen LogP contribution in [0.2, 0.25) is 0 Å². The van der Waals surface area contributed by atoms with Crippen LogP contribution in [0, 0.1) is 0 Å². The Morgan fingerprint density at radius 1 is 0.349 bits per heavy atom. The van der Waals surface area contributed by atoms with E-state index < -0.39 is 6.10 Å². The van der Waals surface area contributed by atoms with Crippen molar-refractivity contribution in [1.29, 1.82) is 0 Å². The zero-order valence-corrected chi connectivity index (χ0v) is 40.5. The van der Waals surface area contributed by atoms with Crippen LogP contribution in [0.4, 0.5) is 0 Å². The molecule has 0 aromatic rings. The number of rotatable bonds is 44. The summed E-state index contributed by atoms with van der Waals surface area (Å²) < 4.78 is 16.7. The zero-order valence-electron chi connectivity index (χ0n) is 40.5. The average Bonchev–Trinajstić information content (AvgIpc) is 3.28. The van der Waals surface area contributed by atoms with Gasteiger partial charge in [-0.05, 0) is 103 Å². The molecule has 0 aromatic carbocycles. The van der Waals surface area contributed by atoms with E-state index in [-0.39, 0.29) is 37.5 Å². The summed E-state index contributed by atoms with van der Waals surface area (Å²) in [6.07, 6.45) is 67.9. The number of carbonyl (C=O) groups is 3. The Bertz CT molecular complexity index is 1330. The Morgan fingerprint density at radius 3 is 1.21 bits per heavy atom. The molecule has 1 unspecified atom stereocenters. The average molecular weight is 873 g/mol. The summed E-state index contributed by atoms with van der Waals surface area (Å²) in [5.41, 5.74) is 0. The third-order valence-corrected chi connectivity index (χ3v) is 10.3. The van der Waals surface area contributed by atoms with Gasteiger partial charge in [0.2, 0.25) is 0 Å². The molecule has 6 nitrogen and oxygen atoms in total. The van der Waals surface area contributed by atoms with Gasteiger partial charge >= 0.3 is 17.9 Å². The second kappa shape index (κ2) is 50.7. The van der Waals surface area contributed by atoms with Crippen LogP contribution in [0.3, 0.4) is 0 Å². The third-order valence-electron chi connectivity index (χ3n) is 10.3. The Kier molecular flexibility index (Phi) is 47.5. The number of allylic oxidation sites excluding steroid dienone is 18. The van der Waals surface area contributed by atoms with Crippen molar-refractivity contribution in [3.8, 4) is 0 Å². The molecule has 0 N–H and O–H groups in total. The van der Waals surface area contributed by atoms with E-state index in [1.807, 2.05) is 0 Å². The first kappa shape index (κ1) is 59.1. The summed E-state index contributed by atoms with van der Waals surface area (Å²) in [6.45, 7) is 6.37. The quantitative estimate of drug-likeness (QED) is 0.0199. The van der Waals surface area contributed by atoms with Crippen LogP contribution in [-0.2, 0) is 28.6 Å². The van der Waals surface area contributed by atoms with Crippen LogP contribution in [0.15, 0.2) is 109 Å². The maximum Gasteiger partial charge on any atom is 0.306 e. The molecule has 0 aliphatic rings. The smallest absolute Gasteiger partial charge is 0.306 e. The molecule has 0 fully saturated rings. The largest absolute Gasteiger partial charge is 0.462 e. The molecule has 0 saturated carbocycles. The summed E-state index contributed by atoms with van der Waals surface area (Å²) in [6, 6.07) is 0. The molecule has 0 amide bonds. The molecule has 0 saturated heterocycles. The first-order chi connectivity index (χ1) is 31.0. The Morgan fingerprint density at radius 2 is 0.714 bits per heavy atom. The molecular weight excluding hydrogens is 781 g/mol. The Labute approximate surface area is 387 Å². The van der Waals surface area contributed by atoms with Crippen molar-refractivity contribution in [2.45, 2.75) is 219 Å². The van der Waals surface area contributed by atoms with Gasteiger partial charge in [0.1, 0.15) is 13.2 Å². The Hall–Kier alpha value is -3.93. The minimum atomic E-state index is -0.821. The van der Waals surface area contributed by atoms with Crippen molar-refractivity contribution in [2.75, 3.05) is 13.2 Å². The second-order valence-electron chi connectivity index (χ2n) is 16.4. The number of esters is 3. The lowest BCUT2D eigenvalue weighted by molar-refractivity contribution is -0.167. The highest BCUT2D eigenvalue weighted by Gasteiger charge is 2.19. The van der Waals surface area contributed by atoms with Crippen molar-refractivity contribution in [1.82, 2.24) is 0 Å². The van der Waals surface area contributed by atoms with Crippen molar-refractivity contribution in [3.63, 3.8) is 0 Å². The number of carbonyl (C=O) groups excluding carboxylic acids is 3. The summed E-state index contributed by atoms with van der Waals surface area (Å²) in [4.78, 5) is 37.9. The van der Waals surface area contributed by atoms with Crippen molar-refractivity contribution >= 4 is 17.9 Å². The van der Waals surface area contributed by atoms with E-state index in [2.05, 4.69) is 130 Å². The van der Waals surface area contributed by atoms with Gasteiger partial charge in [0.05, 0.1) is 0 Å². The van der Waals surface area contributed by atoms with Gasteiger partial charge in [-0.15, -0.1) is 0 Å². The van der Waals surface area contributed by atoms with Gasteiger partial charge in [0, 0.05) is 19.3 Å². The van der Waals surface area contributed by atoms with E-state index >= 15 is 0 Å². The highest BCUT2D eigenvalue weighted by molar-refractivity contribution is 5.71. The highest BCUT2D eigenvalue weighted by Crippen LogP contribution is 2.12. The topological polar surface area (TPSA) is 78.9 Å². The molecule has 63 heavy (non-hydrogen) atoms. The number of unbranched alkanes of at least 4 members (excludes halogenated alkanes) is 17. The summed E-state index contributed by atoms with van der Waals surface area (Å²) >= 11 is 0. The van der Waals surface area contributed by atoms with Crippen LogP contribution >= 0.6 is 0 Å². The molecule has 0 aromatic heterocycles. The maximum atomic E-state index is 12.8. The number of ether oxygens (including phenoxy) is 3. The molecule has 6 heteroatoms. The second-order valence-corrected chi connectivity index (χ2v) is 16.4. The lowest BCUT2D eigenvalue weighted by atomic mass is 10.1. The summed E-state index contributed by atoms with van der Waals surface area (Å²) in [5, 5.41) is 0. The zero-order chi connectivity index (χ0) is 45.8. The van der Waals surface area contributed by atoms with Crippen LogP contribution in [0.5, 0.6) is 0 Å². The van der Waals surface area contributed by atoms with Gasteiger partial charge in [-0.2, -0.15) is 0 Å². The normalized spacial score (nSPS) is 13.0. The number of hydrogen-bond acceptors (Lipinski definition) is 6. The molecule has 0 spiro atoms. The first-order valence-corrected chi connectivity index (χ1v) is 25.4. The fourth-order valence-electron chi connectivity index (χ4n) is 6.46.